The highest BCUT2D eigenvalue weighted by molar-refractivity contribution is 5.92. The summed E-state index contributed by atoms with van der Waals surface area (Å²) in [5, 5.41) is 3.12. The molecule has 1 saturated heterocycles. The van der Waals surface area contributed by atoms with E-state index in [1.165, 1.54) is 23.8 Å². The van der Waals surface area contributed by atoms with Crippen molar-refractivity contribution in [3.8, 4) is 5.75 Å². The Balaban J connectivity index is 1.50. The first-order chi connectivity index (χ1) is 17.2. The molecule has 2 aromatic carbocycles. The summed E-state index contributed by atoms with van der Waals surface area (Å²) >= 11 is 0. The Morgan fingerprint density at radius 2 is 2.03 bits per heavy atom. The molecule has 2 fully saturated rings. The second kappa shape index (κ2) is 10.9. The zero-order chi connectivity index (χ0) is 25.8. The fourth-order valence-corrected chi connectivity index (χ4v) is 5.86. The maximum Gasteiger partial charge on any atom is 0.416 e. The van der Waals surface area contributed by atoms with Crippen LogP contribution in [0.5, 0.6) is 5.75 Å². The van der Waals surface area contributed by atoms with Gasteiger partial charge in [-0.15, -0.1) is 6.58 Å². The number of carbonyl (C=O) groups excluding carboxylic acids is 1. The van der Waals surface area contributed by atoms with Crippen molar-refractivity contribution < 1.29 is 22.7 Å². The number of hydrogen-bond donors (Lipinski definition) is 1. The molecule has 0 aromatic heterocycles. The van der Waals surface area contributed by atoms with E-state index in [4.69, 9.17) is 4.74 Å². The first kappa shape index (κ1) is 26.0. The first-order valence-electron chi connectivity index (χ1n) is 12.4. The van der Waals surface area contributed by atoms with E-state index >= 15 is 0 Å². The smallest absolute Gasteiger partial charge is 0.416 e. The number of halogens is 3. The number of hydrogen-bond acceptors (Lipinski definition) is 3. The fraction of sp³-hybridized carbons (Fsp3) is 0.414. The summed E-state index contributed by atoms with van der Waals surface area (Å²) in [5.74, 6) is 0.984. The van der Waals surface area contributed by atoms with Crippen LogP contribution < -0.4 is 10.1 Å². The van der Waals surface area contributed by atoms with Gasteiger partial charge in [-0.25, -0.2) is 0 Å². The molecule has 0 spiro atoms. The van der Waals surface area contributed by atoms with Crippen molar-refractivity contribution in [1.82, 2.24) is 10.2 Å². The molecule has 1 saturated carbocycles. The van der Waals surface area contributed by atoms with E-state index in [0.29, 0.717) is 11.5 Å². The molecule has 192 valence electrons. The molecular weight excluding hydrogens is 465 g/mol. The lowest BCUT2D eigenvalue weighted by Crippen LogP contribution is -2.56. The van der Waals surface area contributed by atoms with Gasteiger partial charge < -0.3 is 10.1 Å². The van der Waals surface area contributed by atoms with E-state index in [9.17, 15) is 18.0 Å². The predicted molar refractivity (Wildman–Crippen MR) is 136 cm³/mol. The highest BCUT2D eigenvalue weighted by Gasteiger charge is 2.48. The number of ether oxygens (including phenoxy) is 1. The number of rotatable bonds is 7. The lowest BCUT2D eigenvalue weighted by molar-refractivity contribution is -0.137. The number of amides is 1. The van der Waals surface area contributed by atoms with Gasteiger partial charge in [0.25, 0.3) is 0 Å². The number of nitrogens with one attached hydrogen (secondary N) is 1. The van der Waals surface area contributed by atoms with Crippen molar-refractivity contribution in [3.63, 3.8) is 0 Å². The summed E-state index contributed by atoms with van der Waals surface area (Å²) in [6, 6.07) is 13.2. The van der Waals surface area contributed by atoms with Crippen molar-refractivity contribution in [2.24, 2.45) is 5.92 Å². The summed E-state index contributed by atoms with van der Waals surface area (Å²) in [4.78, 5) is 15.2. The van der Waals surface area contributed by atoms with E-state index in [1.807, 2.05) is 18.2 Å². The van der Waals surface area contributed by atoms with Crippen molar-refractivity contribution in [1.29, 1.82) is 0 Å². The summed E-state index contributed by atoms with van der Waals surface area (Å²) in [7, 11) is 1.67. The van der Waals surface area contributed by atoms with Crippen LogP contribution in [0.3, 0.4) is 0 Å². The number of benzene rings is 2. The Morgan fingerprint density at radius 1 is 1.22 bits per heavy atom. The third-order valence-electron chi connectivity index (χ3n) is 7.63. The van der Waals surface area contributed by atoms with Crippen LogP contribution in [0.15, 0.2) is 67.3 Å². The van der Waals surface area contributed by atoms with Crippen LogP contribution in [-0.4, -0.2) is 43.6 Å². The maximum atomic E-state index is 13.0. The average molecular weight is 499 g/mol. The van der Waals surface area contributed by atoms with Crippen LogP contribution in [0.4, 0.5) is 13.2 Å². The number of fused-ring (bicyclic) bond motifs is 1. The highest BCUT2D eigenvalue weighted by Crippen LogP contribution is 2.49. The maximum absolute atomic E-state index is 13.0. The molecule has 0 radical (unpaired) electrons. The van der Waals surface area contributed by atoms with Crippen LogP contribution in [0.2, 0.25) is 0 Å². The predicted octanol–water partition coefficient (Wildman–Crippen LogP) is 5.84. The van der Waals surface area contributed by atoms with Crippen molar-refractivity contribution >= 4 is 12.0 Å². The Morgan fingerprint density at radius 3 is 2.78 bits per heavy atom. The fourth-order valence-electron chi connectivity index (χ4n) is 5.86. The molecule has 2 aromatic rings. The van der Waals surface area contributed by atoms with E-state index < -0.39 is 11.7 Å². The van der Waals surface area contributed by atoms with Crippen LogP contribution in [0.1, 0.15) is 42.4 Å². The van der Waals surface area contributed by atoms with Gasteiger partial charge in [0, 0.05) is 30.6 Å². The third kappa shape index (κ3) is 5.84. The zero-order valence-corrected chi connectivity index (χ0v) is 20.6. The Bertz CT molecular complexity index is 1110. The minimum absolute atomic E-state index is 0.0166. The molecule has 36 heavy (non-hydrogen) atoms. The Labute approximate surface area is 210 Å². The number of likely N-dealkylation sites (tertiary alicyclic amines) is 1. The lowest BCUT2D eigenvalue weighted by Gasteiger charge is -2.53. The molecule has 4 nitrogen and oxygen atoms in total. The van der Waals surface area contributed by atoms with E-state index in [0.717, 1.165) is 63.2 Å². The minimum atomic E-state index is -4.42. The molecule has 4 rings (SSSR count). The summed E-state index contributed by atoms with van der Waals surface area (Å²) in [6.45, 7) is 6.70. The van der Waals surface area contributed by atoms with Gasteiger partial charge in [0.1, 0.15) is 5.75 Å². The summed E-state index contributed by atoms with van der Waals surface area (Å²) < 4.78 is 44.5. The monoisotopic (exact) mass is 498 g/mol. The van der Waals surface area contributed by atoms with Crippen LogP contribution in [0.25, 0.3) is 6.08 Å². The summed E-state index contributed by atoms with van der Waals surface area (Å²) in [5.41, 5.74) is 0.772. The van der Waals surface area contributed by atoms with Crippen molar-refractivity contribution in [3.05, 3.63) is 84.0 Å². The SMILES string of the molecule is C=CCN1CCC2(c3cccc(OC)c3)CC(NC(=O)/C=C/c3cccc(C(F)(F)F)c3)CCC2C1. The number of methoxy groups -OCH3 is 1. The lowest BCUT2D eigenvalue weighted by atomic mass is 9.58. The molecular formula is C29H33F3N2O2. The molecule has 7 heteroatoms. The molecule has 0 bridgehead atoms. The largest absolute Gasteiger partial charge is 0.497 e. The van der Waals surface area contributed by atoms with E-state index in [-0.39, 0.29) is 17.4 Å². The van der Waals surface area contributed by atoms with Crippen molar-refractivity contribution in [2.45, 2.75) is 43.3 Å². The number of carbonyl (C=O) groups is 1. The molecule has 3 unspecified atom stereocenters. The molecule has 1 N–H and O–H groups in total. The van der Waals surface area contributed by atoms with E-state index in [1.54, 1.807) is 13.2 Å². The highest BCUT2D eigenvalue weighted by atomic mass is 19.4. The van der Waals surface area contributed by atoms with Gasteiger partial charge in [0.15, 0.2) is 0 Å². The molecule has 1 amide bonds. The third-order valence-corrected chi connectivity index (χ3v) is 7.63. The quantitative estimate of drug-likeness (QED) is 0.385. The number of alkyl halides is 3. The molecule has 3 atom stereocenters. The number of nitrogens with zero attached hydrogens (tertiary/aromatic N) is 1. The standard InChI is InChI=1S/C29H33F3N2O2/c1-3-15-34-16-14-28(22-7-5-9-26(18-22)36-2)19-25(12-11-24(28)20-34)33-27(35)13-10-21-6-4-8-23(17-21)29(30,31)32/h3-10,13,17-18,24-25H,1,11-12,14-16,19-20H2,2H3,(H,33,35)/b13-10+. The summed E-state index contributed by atoms with van der Waals surface area (Å²) in [6.07, 6.45) is 3.92. The van der Waals surface area contributed by atoms with E-state index in [2.05, 4.69) is 28.9 Å². The van der Waals surface area contributed by atoms with Crippen LogP contribution >= 0.6 is 0 Å². The average Bonchev–Trinajstić information content (AvgIpc) is 2.87. The van der Waals surface area contributed by atoms with Gasteiger partial charge in [-0.1, -0.05) is 30.3 Å². The zero-order valence-electron chi connectivity index (χ0n) is 20.6. The van der Waals surface area contributed by atoms with Gasteiger partial charge >= 0.3 is 6.18 Å². The normalized spacial score (nSPS) is 24.8. The molecule has 1 heterocycles. The second-order valence-electron chi connectivity index (χ2n) is 9.83. The topological polar surface area (TPSA) is 41.6 Å². The van der Waals surface area contributed by atoms with Crippen molar-refractivity contribution in [2.75, 3.05) is 26.7 Å². The Kier molecular flexibility index (Phi) is 7.88. The van der Waals surface area contributed by atoms with Crippen LogP contribution in [-0.2, 0) is 16.4 Å². The first-order valence-corrected chi connectivity index (χ1v) is 12.4. The second-order valence-corrected chi connectivity index (χ2v) is 9.83. The van der Waals surface area contributed by atoms with Gasteiger partial charge in [0.2, 0.25) is 5.91 Å². The minimum Gasteiger partial charge on any atom is -0.497 e. The molecule has 1 aliphatic carbocycles. The van der Waals surface area contributed by atoms with Gasteiger partial charge in [-0.2, -0.15) is 13.2 Å². The molecule has 1 aliphatic heterocycles. The number of piperidine rings is 1. The van der Waals surface area contributed by atoms with Gasteiger partial charge in [0.05, 0.1) is 12.7 Å². The van der Waals surface area contributed by atoms with Crippen LogP contribution in [0, 0.1) is 5.92 Å². The van der Waals surface area contributed by atoms with Gasteiger partial charge in [-0.3, -0.25) is 9.69 Å². The van der Waals surface area contributed by atoms with Gasteiger partial charge in [-0.05, 0) is 79.6 Å². The molecule has 2 aliphatic rings. The Hall–Kier alpha value is -3.06.